The van der Waals surface area contributed by atoms with E-state index in [9.17, 15) is 14.7 Å². The molecule has 5 nitrogen and oxygen atoms in total. The number of hydrogen-bond donors (Lipinski definition) is 2. The number of carbonyl (C=O) groups is 2. The first-order chi connectivity index (χ1) is 12.6. The number of phenolic OH excluding ortho intramolecular Hbond substituents is 1. The summed E-state index contributed by atoms with van der Waals surface area (Å²) in [6, 6.07) is 22.2. The van der Waals surface area contributed by atoms with Crippen LogP contribution in [0.4, 0.5) is 5.69 Å². The van der Waals surface area contributed by atoms with Crippen molar-refractivity contribution in [2.24, 2.45) is 0 Å². The molecule has 3 aromatic carbocycles. The second-order valence-electron chi connectivity index (χ2n) is 5.65. The number of phenols is 1. The van der Waals surface area contributed by atoms with Gasteiger partial charge in [0.1, 0.15) is 17.1 Å². The summed E-state index contributed by atoms with van der Waals surface area (Å²) in [7, 11) is 0. The van der Waals surface area contributed by atoms with Crippen LogP contribution in [-0.2, 0) is 11.2 Å². The lowest BCUT2D eigenvalue weighted by Crippen LogP contribution is -2.15. The molecule has 0 saturated heterocycles. The molecule has 0 unspecified atom stereocenters. The average Bonchev–Trinajstić information content (AvgIpc) is 2.63. The largest absolute Gasteiger partial charge is 0.507 e. The lowest BCUT2D eigenvalue weighted by Gasteiger charge is -2.09. The van der Waals surface area contributed by atoms with Crippen LogP contribution in [-0.4, -0.2) is 17.0 Å². The molecule has 0 aromatic heterocycles. The predicted molar refractivity (Wildman–Crippen MR) is 98.3 cm³/mol. The molecule has 0 saturated carbocycles. The van der Waals surface area contributed by atoms with Crippen LogP contribution >= 0.6 is 0 Å². The Kier molecular flexibility index (Phi) is 5.29. The molecule has 26 heavy (non-hydrogen) atoms. The van der Waals surface area contributed by atoms with Crippen molar-refractivity contribution < 1.29 is 19.4 Å². The highest BCUT2D eigenvalue weighted by atomic mass is 16.5. The standard InChI is InChI=1S/C21H17NO4/c23-19-14-16(22-20(24)13-15-7-3-1-4-8-15)11-12-18(19)21(25)26-17-9-5-2-6-10-17/h1-12,14,23H,13H2,(H,22,24). The maximum absolute atomic E-state index is 12.1. The van der Waals surface area contributed by atoms with E-state index in [1.165, 1.54) is 12.1 Å². The molecule has 0 heterocycles. The number of aromatic hydroxyl groups is 1. The first kappa shape index (κ1) is 17.2. The molecular weight excluding hydrogens is 330 g/mol. The number of nitrogens with one attached hydrogen (secondary N) is 1. The minimum atomic E-state index is -0.670. The average molecular weight is 347 g/mol. The Morgan fingerprint density at radius 1 is 0.885 bits per heavy atom. The van der Waals surface area contributed by atoms with Gasteiger partial charge in [0.25, 0.3) is 0 Å². The Bertz CT molecular complexity index is 908. The topological polar surface area (TPSA) is 75.6 Å². The SMILES string of the molecule is O=C(Cc1ccccc1)Nc1ccc(C(=O)Oc2ccccc2)c(O)c1. The Hall–Kier alpha value is -3.60. The van der Waals surface area contributed by atoms with E-state index in [-0.39, 0.29) is 23.6 Å². The molecule has 3 aromatic rings. The summed E-state index contributed by atoms with van der Waals surface area (Å²) in [5.74, 6) is -0.758. The number of para-hydroxylation sites is 1. The van der Waals surface area contributed by atoms with Crippen LogP contribution in [0.2, 0.25) is 0 Å². The summed E-state index contributed by atoms with van der Waals surface area (Å²) in [6.45, 7) is 0. The zero-order chi connectivity index (χ0) is 18.4. The third kappa shape index (κ3) is 4.48. The van der Waals surface area contributed by atoms with Crippen molar-refractivity contribution >= 4 is 17.6 Å². The molecule has 0 atom stereocenters. The van der Waals surface area contributed by atoms with Gasteiger partial charge in [0, 0.05) is 11.8 Å². The van der Waals surface area contributed by atoms with Crippen molar-refractivity contribution in [3.05, 3.63) is 90.0 Å². The van der Waals surface area contributed by atoms with Gasteiger partial charge in [-0.25, -0.2) is 4.79 Å². The Morgan fingerprint density at radius 2 is 1.54 bits per heavy atom. The van der Waals surface area contributed by atoms with Crippen LogP contribution in [0.25, 0.3) is 0 Å². The number of esters is 1. The monoisotopic (exact) mass is 347 g/mol. The van der Waals surface area contributed by atoms with E-state index in [1.807, 2.05) is 36.4 Å². The smallest absolute Gasteiger partial charge is 0.347 e. The molecule has 0 aliphatic rings. The third-order valence-electron chi connectivity index (χ3n) is 3.66. The van der Waals surface area contributed by atoms with Crippen LogP contribution in [0, 0.1) is 0 Å². The number of ether oxygens (including phenoxy) is 1. The van der Waals surface area contributed by atoms with E-state index in [4.69, 9.17) is 4.74 Å². The van der Waals surface area contributed by atoms with E-state index in [1.54, 1.807) is 30.3 Å². The van der Waals surface area contributed by atoms with Crippen molar-refractivity contribution in [3.8, 4) is 11.5 Å². The summed E-state index contributed by atoms with van der Waals surface area (Å²) < 4.78 is 5.19. The summed E-state index contributed by atoms with van der Waals surface area (Å²) in [4.78, 5) is 24.2. The summed E-state index contributed by atoms with van der Waals surface area (Å²) in [5.41, 5.74) is 1.31. The Labute approximate surface area is 150 Å². The maximum Gasteiger partial charge on any atom is 0.347 e. The molecule has 1 amide bonds. The van der Waals surface area contributed by atoms with E-state index in [0.29, 0.717) is 11.4 Å². The fraction of sp³-hybridized carbons (Fsp3) is 0.0476. The number of benzene rings is 3. The predicted octanol–water partition coefficient (Wildman–Crippen LogP) is 3.79. The van der Waals surface area contributed by atoms with Crippen molar-refractivity contribution in [1.29, 1.82) is 0 Å². The van der Waals surface area contributed by atoms with Gasteiger partial charge in [0.2, 0.25) is 5.91 Å². The highest BCUT2D eigenvalue weighted by molar-refractivity contribution is 5.96. The van der Waals surface area contributed by atoms with Gasteiger partial charge in [0.05, 0.1) is 6.42 Å². The van der Waals surface area contributed by atoms with Gasteiger partial charge in [0.15, 0.2) is 0 Å². The molecular formula is C21H17NO4. The number of anilines is 1. The first-order valence-corrected chi connectivity index (χ1v) is 8.06. The molecule has 2 N–H and O–H groups in total. The van der Waals surface area contributed by atoms with Gasteiger partial charge in [-0.2, -0.15) is 0 Å². The van der Waals surface area contributed by atoms with Crippen LogP contribution in [0.1, 0.15) is 15.9 Å². The molecule has 5 heteroatoms. The quantitative estimate of drug-likeness (QED) is 0.544. The first-order valence-electron chi connectivity index (χ1n) is 8.06. The fourth-order valence-electron chi connectivity index (χ4n) is 2.42. The van der Waals surface area contributed by atoms with Gasteiger partial charge in [-0.15, -0.1) is 0 Å². The molecule has 130 valence electrons. The molecule has 0 aliphatic carbocycles. The second kappa shape index (κ2) is 7.98. The Balaban J connectivity index is 1.65. The van der Waals surface area contributed by atoms with Gasteiger partial charge in [-0.05, 0) is 29.8 Å². The van der Waals surface area contributed by atoms with Gasteiger partial charge in [-0.1, -0.05) is 48.5 Å². The normalized spacial score (nSPS) is 10.2. The second-order valence-corrected chi connectivity index (χ2v) is 5.65. The van der Waals surface area contributed by atoms with E-state index >= 15 is 0 Å². The van der Waals surface area contributed by atoms with Gasteiger partial charge in [-0.3, -0.25) is 4.79 Å². The summed E-state index contributed by atoms with van der Waals surface area (Å²) in [5, 5.41) is 12.8. The van der Waals surface area contributed by atoms with Crippen molar-refractivity contribution in [3.63, 3.8) is 0 Å². The van der Waals surface area contributed by atoms with Crippen LogP contribution in [0.15, 0.2) is 78.9 Å². The number of hydrogen-bond acceptors (Lipinski definition) is 4. The van der Waals surface area contributed by atoms with E-state index in [2.05, 4.69) is 5.32 Å². The molecule has 0 spiro atoms. The minimum absolute atomic E-state index is 0.0231. The number of amides is 1. The minimum Gasteiger partial charge on any atom is -0.507 e. The lowest BCUT2D eigenvalue weighted by molar-refractivity contribution is -0.115. The van der Waals surface area contributed by atoms with Crippen LogP contribution in [0.5, 0.6) is 11.5 Å². The van der Waals surface area contributed by atoms with Gasteiger partial charge >= 0.3 is 5.97 Å². The zero-order valence-corrected chi connectivity index (χ0v) is 13.9. The molecule has 0 bridgehead atoms. The fourth-order valence-corrected chi connectivity index (χ4v) is 2.42. The van der Waals surface area contributed by atoms with Crippen molar-refractivity contribution in [2.75, 3.05) is 5.32 Å². The molecule has 0 aliphatic heterocycles. The highest BCUT2D eigenvalue weighted by Gasteiger charge is 2.15. The lowest BCUT2D eigenvalue weighted by atomic mass is 10.1. The van der Waals surface area contributed by atoms with Crippen LogP contribution in [0.3, 0.4) is 0 Å². The molecule has 0 fully saturated rings. The van der Waals surface area contributed by atoms with Crippen LogP contribution < -0.4 is 10.1 Å². The molecule has 3 rings (SSSR count). The summed E-state index contributed by atoms with van der Waals surface area (Å²) in [6.07, 6.45) is 0.222. The Morgan fingerprint density at radius 3 is 2.19 bits per heavy atom. The highest BCUT2D eigenvalue weighted by Crippen LogP contribution is 2.24. The number of rotatable bonds is 5. The van der Waals surface area contributed by atoms with Gasteiger partial charge < -0.3 is 15.2 Å². The van der Waals surface area contributed by atoms with Crippen molar-refractivity contribution in [1.82, 2.24) is 0 Å². The summed E-state index contributed by atoms with van der Waals surface area (Å²) >= 11 is 0. The molecule has 0 radical (unpaired) electrons. The zero-order valence-electron chi connectivity index (χ0n) is 13.9. The third-order valence-corrected chi connectivity index (χ3v) is 3.66. The van der Waals surface area contributed by atoms with Crippen molar-refractivity contribution in [2.45, 2.75) is 6.42 Å². The maximum atomic E-state index is 12.1. The van der Waals surface area contributed by atoms with E-state index in [0.717, 1.165) is 5.56 Å². The number of carbonyl (C=O) groups excluding carboxylic acids is 2. The van der Waals surface area contributed by atoms with E-state index < -0.39 is 5.97 Å².